The van der Waals surface area contributed by atoms with Gasteiger partial charge in [0.05, 0.1) is 11.1 Å². The standard InChI is InChI=1S/C18H24ClFO/c19-16-8-5-12(9-17(16)20)10-18(21)15-7-6-13-3-1-2-4-14(13)11-15/h5,8-9,13-15,18,21H,1-4,6-7,10-11H2. The highest BCUT2D eigenvalue weighted by Crippen LogP contribution is 2.43. The molecular formula is C18H24ClFO. The number of benzene rings is 1. The second-order valence-electron chi connectivity index (χ2n) is 6.90. The summed E-state index contributed by atoms with van der Waals surface area (Å²) in [4.78, 5) is 0. The van der Waals surface area contributed by atoms with Gasteiger partial charge < -0.3 is 5.11 Å². The third kappa shape index (κ3) is 3.60. The summed E-state index contributed by atoms with van der Waals surface area (Å²) in [5.74, 6) is 1.70. The molecule has 3 rings (SSSR count). The Morgan fingerprint density at radius 2 is 1.90 bits per heavy atom. The molecule has 0 radical (unpaired) electrons. The van der Waals surface area contributed by atoms with Gasteiger partial charge in [-0.1, -0.05) is 43.4 Å². The molecule has 1 nitrogen and oxygen atoms in total. The van der Waals surface area contributed by atoms with Crippen LogP contribution in [0.3, 0.4) is 0 Å². The van der Waals surface area contributed by atoms with Crippen molar-refractivity contribution < 1.29 is 9.50 Å². The first-order valence-corrected chi connectivity index (χ1v) is 8.63. The van der Waals surface area contributed by atoms with Crippen LogP contribution in [0.4, 0.5) is 4.39 Å². The Kier molecular flexibility index (Phi) is 4.85. The van der Waals surface area contributed by atoms with Crippen molar-refractivity contribution in [2.24, 2.45) is 17.8 Å². The van der Waals surface area contributed by atoms with Crippen molar-refractivity contribution in [1.29, 1.82) is 0 Å². The van der Waals surface area contributed by atoms with Crippen LogP contribution in [0.5, 0.6) is 0 Å². The van der Waals surface area contributed by atoms with Crippen LogP contribution < -0.4 is 0 Å². The molecule has 0 saturated heterocycles. The first-order valence-electron chi connectivity index (χ1n) is 8.25. The summed E-state index contributed by atoms with van der Waals surface area (Å²) in [6.45, 7) is 0. The van der Waals surface area contributed by atoms with Crippen LogP contribution in [0.1, 0.15) is 50.5 Å². The van der Waals surface area contributed by atoms with E-state index >= 15 is 0 Å². The average molecular weight is 311 g/mol. The van der Waals surface area contributed by atoms with E-state index in [1.54, 1.807) is 6.07 Å². The average Bonchev–Trinajstić information content (AvgIpc) is 2.50. The molecular weight excluding hydrogens is 287 g/mol. The minimum absolute atomic E-state index is 0.149. The molecule has 2 fully saturated rings. The number of fused-ring (bicyclic) bond motifs is 1. The number of rotatable bonds is 3. The maximum absolute atomic E-state index is 13.5. The topological polar surface area (TPSA) is 20.2 Å². The van der Waals surface area contributed by atoms with Gasteiger partial charge in [-0.05, 0) is 61.1 Å². The van der Waals surface area contributed by atoms with Gasteiger partial charge in [0.25, 0.3) is 0 Å². The van der Waals surface area contributed by atoms with Crippen LogP contribution >= 0.6 is 11.6 Å². The van der Waals surface area contributed by atoms with Crippen LogP contribution in [-0.2, 0) is 6.42 Å². The van der Waals surface area contributed by atoms with Crippen LogP contribution in [0.2, 0.25) is 5.02 Å². The molecule has 0 heterocycles. The summed E-state index contributed by atoms with van der Waals surface area (Å²) >= 11 is 5.70. The first kappa shape index (κ1) is 15.3. The fraction of sp³-hybridized carbons (Fsp3) is 0.667. The molecule has 0 amide bonds. The van der Waals surface area contributed by atoms with Gasteiger partial charge in [-0.3, -0.25) is 0 Å². The van der Waals surface area contributed by atoms with Gasteiger partial charge in [-0.15, -0.1) is 0 Å². The molecule has 1 aromatic carbocycles. The largest absolute Gasteiger partial charge is 0.392 e. The Balaban J connectivity index is 1.60. The van der Waals surface area contributed by atoms with Crippen molar-refractivity contribution in [1.82, 2.24) is 0 Å². The number of hydrogen-bond donors (Lipinski definition) is 1. The Bertz CT molecular complexity index is 490. The van der Waals surface area contributed by atoms with Crippen molar-refractivity contribution in [2.75, 3.05) is 0 Å². The van der Waals surface area contributed by atoms with Gasteiger partial charge in [0.2, 0.25) is 0 Å². The smallest absolute Gasteiger partial charge is 0.142 e. The van der Waals surface area contributed by atoms with E-state index in [0.717, 1.165) is 30.2 Å². The van der Waals surface area contributed by atoms with Gasteiger partial charge in [0.15, 0.2) is 0 Å². The molecule has 0 aromatic heterocycles. The van der Waals surface area contributed by atoms with Crippen molar-refractivity contribution >= 4 is 11.6 Å². The third-order valence-electron chi connectivity index (χ3n) is 5.55. The third-order valence-corrected chi connectivity index (χ3v) is 5.86. The van der Waals surface area contributed by atoms with Crippen LogP contribution in [0, 0.1) is 23.6 Å². The zero-order valence-corrected chi connectivity index (χ0v) is 13.2. The van der Waals surface area contributed by atoms with Crippen molar-refractivity contribution in [3.8, 4) is 0 Å². The van der Waals surface area contributed by atoms with Gasteiger partial charge in [-0.2, -0.15) is 0 Å². The van der Waals surface area contributed by atoms with E-state index in [0.29, 0.717) is 12.3 Å². The Morgan fingerprint density at radius 3 is 2.67 bits per heavy atom. The van der Waals surface area contributed by atoms with Crippen LogP contribution in [0.15, 0.2) is 18.2 Å². The molecule has 4 unspecified atom stereocenters. The number of halogens is 2. The zero-order chi connectivity index (χ0) is 14.8. The molecule has 1 aromatic rings. The predicted octanol–water partition coefficient (Wildman–Crippen LogP) is 4.99. The zero-order valence-electron chi connectivity index (χ0n) is 12.4. The van der Waals surface area contributed by atoms with E-state index in [4.69, 9.17) is 11.6 Å². The summed E-state index contributed by atoms with van der Waals surface area (Å²) in [6.07, 6.45) is 9.19. The van der Waals surface area contributed by atoms with Gasteiger partial charge >= 0.3 is 0 Å². The van der Waals surface area contributed by atoms with Crippen LogP contribution in [-0.4, -0.2) is 11.2 Å². The predicted molar refractivity (Wildman–Crippen MR) is 83.9 cm³/mol. The van der Waals surface area contributed by atoms with Crippen molar-refractivity contribution in [2.45, 2.75) is 57.5 Å². The fourth-order valence-electron chi connectivity index (χ4n) is 4.33. The van der Waals surface area contributed by atoms with Crippen LogP contribution in [0.25, 0.3) is 0 Å². The highest BCUT2D eigenvalue weighted by molar-refractivity contribution is 6.30. The lowest BCUT2D eigenvalue weighted by Crippen LogP contribution is -2.34. The number of aliphatic hydroxyl groups excluding tert-OH is 1. The van der Waals surface area contributed by atoms with E-state index in [9.17, 15) is 9.50 Å². The molecule has 0 spiro atoms. The monoisotopic (exact) mass is 310 g/mol. The lowest BCUT2D eigenvalue weighted by molar-refractivity contribution is 0.0360. The minimum Gasteiger partial charge on any atom is -0.392 e. The van der Waals surface area contributed by atoms with E-state index in [1.807, 2.05) is 6.07 Å². The van der Waals surface area contributed by atoms with E-state index in [-0.39, 0.29) is 11.1 Å². The highest BCUT2D eigenvalue weighted by Gasteiger charge is 2.34. The molecule has 116 valence electrons. The SMILES string of the molecule is OC(Cc1ccc(Cl)c(F)c1)C1CCC2CCCCC2C1. The summed E-state index contributed by atoms with van der Waals surface area (Å²) in [7, 11) is 0. The molecule has 0 bridgehead atoms. The quantitative estimate of drug-likeness (QED) is 0.834. The number of hydrogen-bond acceptors (Lipinski definition) is 1. The first-order chi connectivity index (χ1) is 10.1. The van der Waals surface area contributed by atoms with E-state index < -0.39 is 5.82 Å². The number of aliphatic hydroxyl groups is 1. The molecule has 1 N–H and O–H groups in total. The second-order valence-corrected chi connectivity index (χ2v) is 7.30. The Hall–Kier alpha value is -0.600. The lowest BCUT2D eigenvalue weighted by Gasteiger charge is -2.40. The molecule has 21 heavy (non-hydrogen) atoms. The maximum Gasteiger partial charge on any atom is 0.142 e. The summed E-state index contributed by atoms with van der Waals surface area (Å²) in [6, 6.07) is 4.86. The summed E-state index contributed by atoms with van der Waals surface area (Å²) < 4.78 is 13.5. The Morgan fingerprint density at radius 1 is 1.14 bits per heavy atom. The molecule has 0 aliphatic heterocycles. The minimum atomic E-state index is -0.391. The van der Waals surface area contributed by atoms with Gasteiger partial charge in [0, 0.05) is 0 Å². The summed E-state index contributed by atoms with van der Waals surface area (Å²) in [5, 5.41) is 10.7. The molecule has 4 atom stereocenters. The fourth-order valence-corrected chi connectivity index (χ4v) is 4.45. The van der Waals surface area contributed by atoms with E-state index in [1.165, 1.54) is 38.2 Å². The van der Waals surface area contributed by atoms with Gasteiger partial charge in [0.1, 0.15) is 5.82 Å². The normalized spacial score (nSPS) is 30.7. The second kappa shape index (κ2) is 6.66. The lowest BCUT2D eigenvalue weighted by atomic mass is 9.66. The van der Waals surface area contributed by atoms with Crippen molar-refractivity contribution in [3.63, 3.8) is 0 Å². The summed E-state index contributed by atoms with van der Waals surface area (Å²) in [5.41, 5.74) is 0.843. The molecule has 2 saturated carbocycles. The Labute approximate surface area is 131 Å². The van der Waals surface area contributed by atoms with E-state index in [2.05, 4.69) is 0 Å². The maximum atomic E-state index is 13.5. The van der Waals surface area contributed by atoms with Crippen molar-refractivity contribution in [3.05, 3.63) is 34.6 Å². The molecule has 2 aliphatic rings. The van der Waals surface area contributed by atoms with Gasteiger partial charge in [-0.25, -0.2) is 4.39 Å². The molecule has 3 heteroatoms. The molecule has 2 aliphatic carbocycles. The highest BCUT2D eigenvalue weighted by atomic mass is 35.5.